The molecule has 1 aromatic heterocycles. The molecule has 5 nitrogen and oxygen atoms in total. The second kappa shape index (κ2) is 7.57. The van der Waals surface area contributed by atoms with E-state index in [1.165, 1.54) is 0 Å². The molecule has 0 saturated carbocycles. The molecule has 2 N–H and O–H groups in total. The van der Waals surface area contributed by atoms with Crippen LogP contribution >= 0.6 is 0 Å². The summed E-state index contributed by atoms with van der Waals surface area (Å²) in [6, 6.07) is 19.9. The highest BCUT2D eigenvalue weighted by molar-refractivity contribution is 5.82. The topological polar surface area (TPSA) is 60.8 Å². The number of nitrogens with zero attached hydrogens (tertiary/aromatic N) is 3. The number of likely N-dealkylation sites (N-methyl/N-ethyl adjacent to an activating group) is 1. The molecule has 0 fully saturated rings. The minimum absolute atomic E-state index is 0.141. The molecule has 1 heterocycles. The summed E-state index contributed by atoms with van der Waals surface area (Å²) in [6.07, 6.45) is 1.76. The van der Waals surface area contributed by atoms with Crippen molar-refractivity contribution in [3.63, 3.8) is 0 Å². The van der Waals surface area contributed by atoms with Crippen molar-refractivity contribution in [2.75, 3.05) is 30.5 Å². The molecule has 0 spiro atoms. The van der Waals surface area contributed by atoms with Gasteiger partial charge in [-0.05, 0) is 35.9 Å². The number of hydrogen-bond donors (Lipinski definition) is 2. The number of aliphatic hydroxyl groups is 1. The van der Waals surface area contributed by atoms with Crippen molar-refractivity contribution < 1.29 is 5.11 Å². The predicted molar refractivity (Wildman–Crippen MR) is 99.8 cm³/mol. The van der Waals surface area contributed by atoms with Crippen LogP contribution in [0.2, 0.25) is 0 Å². The third-order valence-corrected chi connectivity index (χ3v) is 3.76. The lowest BCUT2D eigenvalue weighted by atomic mass is 10.2. The van der Waals surface area contributed by atoms with Crippen LogP contribution in [0.25, 0.3) is 10.9 Å². The minimum Gasteiger partial charge on any atom is -0.395 e. The van der Waals surface area contributed by atoms with Crippen LogP contribution in [0.1, 0.15) is 5.56 Å². The van der Waals surface area contributed by atoms with Gasteiger partial charge in [0.2, 0.25) is 0 Å². The zero-order valence-electron chi connectivity index (χ0n) is 13.6. The monoisotopic (exact) mass is 320 g/mol. The van der Waals surface area contributed by atoms with Crippen molar-refractivity contribution in [1.82, 2.24) is 4.98 Å². The molecule has 0 atom stereocenters. The lowest BCUT2D eigenvalue weighted by Gasteiger charge is -2.17. The first-order valence-corrected chi connectivity index (χ1v) is 7.83. The van der Waals surface area contributed by atoms with Gasteiger partial charge in [0.15, 0.2) is 0 Å². The molecule has 0 radical (unpaired) electrons. The van der Waals surface area contributed by atoms with E-state index in [0.717, 1.165) is 22.2 Å². The number of aliphatic hydroxyl groups excluding tert-OH is 1. The number of hydrazone groups is 1. The highest BCUT2D eigenvalue weighted by Crippen LogP contribution is 2.15. The van der Waals surface area contributed by atoms with Crippen molar-refractivity contribution >= 4 is 28.6 Å². The van der Waals surface area contributed by atoms with E-state index in [-0.39, 0.29) is 6.61 Å². The van der Waals surface area contributed by atoms with E-state index in [1.807, 2.05) is 72.6 Å². The SMILES string of the molecule is CN(CCO)c1ccc(/C=N/Nc2ccc3ccccc3n2)cc1. The number of para-hydroxylation sites is 1. The Bertz CT molecular complexity index is 830. The fourth-order valence-corrected chi connectivity index (χ4v) is 2.40. The van der Waals surface area contributed by atoms with E-state index >= 15 is 0 Å². The molecule has 0 aliphatic heterocycles. The van der Waals surface area contributed by atoms with Gasteiger partial charge in [-0.3, -0.25) is 5.43 Å². The highest BCUT2D eigenvalue weighted by atomic mass is 16.3. The van der Waals surface area contributed by atoms with Crippen LogP contribution in [0, 0.1) is 0 Å². The Kier molecular flexibility index (Phi) is 5.03. The second-order valence-corrected chi connectivity index (χ2v) is 5.50. The Morgan fingerprint density at radius 2 is 1.88 bits per heavy atom. The number of rotatable bonds is 6. The molecule has 0 aliphatic carbocycles. The van der Waals surface area contributed by atoms with E-state index in [2.05, 4.69) is 15.5 Å². The van der Waals surface area contributed by atoms with Crippen LogP contribution in [-0.4, -0.2) is 36.5 Å². The van der Waals surface area contributed by atoms with E-state index in [0.29, 0.717) is 12.4 Å². The Balaban J connectivity index is 1.64. The highest BCUT2D eigenvalue weighted by Gasteiger charge is 1.99. The number of hydrogen-bond acceptors (Lipinski definition) is 5. The first-order chi connectivity index (χ1) is 11.8. The normalized spacial score (nSPS) is 11.1. The Morgan fingerprint density at radius 3 is 2.67 bits per heavy atom. The average molecular weight is 320 g/mol. The molecule has 0 amide bonds. The van der Waals surface area contributed by atoms with Crippen LogP contribution < -0.4 is 10.3 Å². The van der Waals surface area contributed by atoms with Crippen molar-refractivity contribution in [3.8, 4) is 0 Å². The molecule has 2 aromatic carbocycles. The van der Waals surface area contributed by atoms with E-state index in [9.17, 15) is 0 Å². The zero-order chi connectivity index (χ0) is 16.8. The van der Waals surface area contributed by atoms with Gasteiger partial charge < -0.3 is 10.0 Å². The van der Waals surface area contributed by atoms with E-state index in [1.54, 1.807) is 6.21 Å². The largest absolute Gasteiger partial charge is 0.395 e. The van der Waals surface area contributed by atoms with Gasteiger partial charge >= 0.3 is 0 Å². The quantitative estimate of drug-likeness (QED) is 0.541. The zero-order valence-corrected chi connectivity index (χ0v) is 13.6. The van der Waals surface area contributed by atoms with Gasteiger partial charge in [0, 0.05) is 24.7 Å². The number of benzene rings is 2. The molecule has 0 unspecified atom stereocenters. The Hall–Kier alpha value is -2.92. The maximum Gasteiger partial charge on any atom is 0.146 e. The lowest BCUT2D eigenvalue weighted by molar-refractivity contribution is 0.304. The van der Waals surface area contributed by atoms with Crippen molar-refractivity contribution in [1.29, 1.82) is 0 Å². The minimum atomic E-state index is 0.141. The molecule has 5 heteroatoms. The average Bonchev–Trinajstić information content (AvgIpc) is 2.62. The summed E-state index contributed by atoms with van der Waals surface area (Å²) < 4.78 is 0. The summed E-state index contributed by atoms with van der Waals surface area (Å²) in [5, 5.41) is 14.3. The van der Waals surface area contributed by atoms with Gasteiger partial charge in [0.25, 0.3) is 0 Å². The molecule has 0 saturated heterocycles. The molecule has 3 rings (SSSR count). The number of anilines is 2. The maximum atomic E-state index is 8.97. The van der Waals surface area contributed by atoms with Gasteiger partial charge in [-0.15, -0.1) is 0 Å². The number of fused-ring (bicyclic) bond motifs is 1. The van der Waals surface area contributed by atoms with Gasteiger partial charge in [0.1, 0.15) is 5.82 Å². The van der Waals surface area contributed by atoms with Gasteiger partial charge in [-0.25, -0.2) is 4.98 Å². The maximum absolute atomic E-state index is 8.97. The van der Waals surface area contributed by atoms with Crippen LogP contribution in [0.5, 0.6) is 0 Å². The molecular formula is C19H20N4O. The second-order valence-electron chi connectivity index (χ2n) is 5.50. The van der Waals surface area contributed by atoms with Gasteiger partial charge in [0.05, 0.1) is 18.3 Å². The summed E-state index contributed by atoms with van der Waals surface area (Å²) >= 11 is 0. The van der Waals surface area contributed by atoms with Gasteiger partial charge in [-0.1, -0.05) is 30.3 Å². The summed E-state index contributed by atoms with van der Waals surface area (Å²) in [6.45, 7) is 0.755. The van der Waals surface area contributed by atoms with Crippen LogP contribution in [0.4, 0.5) is 11.5 Å². The smallest absolute Gasteiger partial charge is 0.146 e. The number of aromatic nitrogens is 1. The van der Waals surface area contributed by atoms with Crippen LogP contribution in [-0.2, 0) is 0 Å². The van der Waals surface area contributed by atoms with Crippen LogP contribution in [0.3, 0.4) is 0 Å². The first kappa shape index (κ1) is 16.0. The van der Waals surface area contributed by atoms with Gasteiger partial charge in [-0.2, -0.15) is 5.10 Å². The molecule has 0 bridgehead atoms. The number of pyridine rings is 1. The summed E-state index contributed by atoms with van der Waals surface area (Å²) in [4.78, 5) is 6.51. The third kappa shape index (κ3) is 3.88. The van der Waals surface area contributed by atoms with Crippen LogP contribution in [0.15, 0.2) is 65.8 Å². The standard InChI is InChI=1S/C19H20N4O/c1-23(12-13-24)17-9-6-15(7-10-17)14-20-22-19-11-8-16-4-2-3-5-18(16)21-19/h2-11,14,24H,12-13H2,1H3,(H,21,22)/b20-14+. The summed E-state index contributed by atoms with van der Waals surface area (Å²) in [5.41, 5.74) is 5.95. The molecule has 24 heavy (non-hydrogen) atoms. The predicted octanol–water partition coefficient (Wildman–Crippen LogP) is 3.11. The van der Waals surface area contributed by atoms with E-state index < -0.39 is 0 Å². The summed E-state index contributed by atoms with van der Waals surface area (Å²) in [7, 11) is 1.95. The fraction of sp³-hybridized carbons (Fsp3) is 0.158. The Morgan fingerprint density at radius 1 is 1.08 bits per heavy atom. The van der Waals surface area contributed by atoms with Crippen molar-refractivity contribution in [2.45, 2.75) is 0 Å². The summed E-state index contributed by atoms with van der Waals surface area (Å²) in [5.74, 6) is 0.712. The fourth-order valence-electron chi connectivity index (χ4n) is 2.40. The Labute approximate surface area is 141 Å². The molecule has 3 aromatic rings. The molecule has 122 valence electrons. The number of nitrogens with one attached hydrogen (secondary N) is 1. The van der Waals surface area contributed by atoms with Crippen molar-refractivity contribution in [2.24, 2.45) is 5.10 Å². The molecule has 0 aliphatic rings. The van der Waals surface area contributed by atoms with Crippen molar-refractivity contribution in [3.05, 3.63) is 66.2 Å². The lowest BCUT2D eigenvalue weighted by Crippen LogP contribution is -2.20. The first-order valence-electron chi connectivity index (χ1n) is 7.83. The van der Waals surface area contributed by atoms with E-state index in [4.69, 9.17) is 5.11 Å². The third-order valence-electron chi connectivity index (χ3n) is 3.76. The molecular weight excluding hydrogens is 300 g/mol.